The molecule has 2 heterocycles. The zero-order valence-corrected chi connectivity index (χ0v) is 13.3. The van der Waals surface area contributed by atoms with Crippen LogP contribution >= 0.6 is 38.6 Å². The van der Waals surface area contributed by atoms with Gasteiger partial charge in [-0.3, -0.25) is 4.79 Å². The molecule has 0 spiro atoms. The Balaban J connectivity index is 2.02. The number of carboxylic acids is 1. The minimum absolute atomic E-state index is 0.435. The summed E-state index contributed by atoms with van der Waals surface area (Å²) in [5, 5.41) is 13.4. The Bertz CT molecular complexity index is 634. The Morgan fingerprint density at radius 3 is 2.70 bits per heavy atom. The van der Waals surface area contributed by atoms with E-state index in [4.69, 9.17) is 5.11 Å². The normalized spacial score (nSPS) is 12.4. The minimum atomic E-state index is -1.08. The van der Waals surface area contributed by atoms with E-state index in [1.807, 2.05) is 12.1 Å². The predicted molar refractivity (Wildman–Crippen MR) is 83.9 cm³/mol. The standard InChI is InChI=1S/C13H10BrNO3S2/c14-10-5-3-8(20-10)4-6-11(16)15-12(13(17)18)9-2-1-7-19-9/h1-7,12H,(H,15,16)(H,17,18)/b6-4+. The summed E-state index contributed by atoms with van der Waals surface area (Å²) in [7, 11) is 0. The molecule has 4 nitrogen and oxygen atoms in total. The second-order valence-corrected chi connectivity index (χ2v) is 7.24. The third kappa shape index (κ3) is 4.03. The van der Waals surface area contributed by atoms with Crippen molar-refractivity contribution in [3.05, 3.63) is 49.3 Å². The molecule has 1 atom stereocenters. The van der Waals surface area contributed by atoms with Crippen LogP contribution in [-0.2, 0) is 9.59 Å². The zero-order chi connectivity index (χ0) is 14.5. The molecule has 20 heavy (non-hydrogen) atoms. The summed E-state index contributed by atoms with van der Waals surface area (Å²) < 4.78 is 0.972. The van der Waals surface area contributed by atoms with Crippen LogP contribution < -0.4 is 5.32 Å². The van der Waals surface area contributed by atoms with Gasteiger partial charge >= 0.3 is 5.97 Å². The Morgan fingerprint density at radius 2 is 2.15 bits per heavy atom. The van der Waals surface area contributed by atoms with E-state index in [0.29, 0.717) is 4.88 Å². The molecule has 0 saturated heterocycles. The maximum absolute atomic E-state index is 11.8. The fraction of sp³-hybridized carbons (Fsp3) is 0.0769. The van der Waals surface area contributed by atoms with Crippen LogP contribution in [0.2, 0.25) is 0 Å². The van der Waals surface area contributed by atoms with Gasteiger partial charge in [0.1, 0.15) is 0 Å². The highest BCUT2D eigenvalue weighted by Gasteiger charge is 2.21. The molecule has 0 bridgehead atoms. The second kappa shape index (κ2) is 6.83. The molecule has 0 aliphatic carbocycles. The number of hydrogen-bond acceptors (Lipinski definition) is 4. The molecule has 2 rings (SSSR count). The molecule has 0 aliphatic rings. The van der Waals surface area contributed by atoms with Crippen LogP contribution in [0.3, 0.4) is 0 Å². The average Bonchev–Trinajstić information content (AvgIpc) is 3.04. The maximum atomic E-state index is 11.8. The second-order valence-electron chi connectivity index (χ2n) is 3.77. The first-order valence-corrected chi connectivity index (χ1v) is 8.05. The molecule has 1 unspecified atom stereocenters. The van der Waals surface area contributed by atoms with Crippen molar-refractivity contribution in [2.75, 3.05) is 0 Å². The third-order valence-corrected chi connectivity index (χ3v) is 4.88. The quantitative estimate of drug-likeness (QED) is 0.790. The summed E-state index contributed by atoms with van der Waals surface area (Å²) in [5.41, 5.74) is 0. The molecule has 0 aromatic carbocycles. The lowest BCUT2D eigenvalue weighted by molar-refractivity contribution is -0.141. The molecule has 2 N–H and O–H groups in total. The van der Waals surface area contributed by atoms with Gasteiger partial charge in [0, 0.05) is 15.8 Å². The van der Waals surface area contributed by atoms with Crippen molar-refractivity contribution < 1.29 is 14.7 Å². The Kier molecular flexibility index (Phi) is 5.11. The van der Waals surface area contributed by atoms with Crippen molar-refractivity contribution in [2.45, 2.75) is 6.04 Å². The number of rotatable bonds is 5. The van der Waals surface area contributed by atoms with E-state index in [-0.39, 0.29) is 0 Å². The van der Waals surface area contributed by atoms with Gasteiger partial charge in [-0.25, -0.2) is 4.79 Å². The van der Waals surface area contributed by atoms with Crippen molar-refractivity contribution >= 4 is 56.6 Å². The number of amides is 1. The van der Waals surface area contributed by atoms with Crippen molar-refractivity contribution in [3.8, 4) is 0 Å². The van der Waals surface area contributed by atoms with Crippen LogP contribution in [0, 0.1) is 0 Å². The van der Waals surface area contributed by atoms with Crippen LogP contribution in [0.1, 0.15) is 15.8 Å². The van der Waals surface area contributed by atoms with Gasteiger partial charge in [-0.2, -0.15) is 0 Å². The topological polar surface area (TPSA) is 66.4 Å². The predicted octanol–water partition coefficient (Wildman–Crippen LogP) is 3.53. The van der Waals surface area contributed by atoms with E-state index in [0.717, 1.165) is 8.66 Å². The molecule has 2 aromatic rings. The first kappa shape index (κ1) is 15.0. The highest BCUT2D eigenvalue weighted by Crippen LogP contribution is 2.23. The van der Waals surface area contributed by atoms with Crippen LogP contribution in [0.4, 0.5) is 0 Å². The van der Waals surface area contributed by atoms with Crippen molar-refractivity contribution in [1.29, 1.82) is 0 Å². The summed E-state index contributed by atoms with van der Waals surface area (Å²) >= 11 is 6.12. The number of hydrogen-bond donors (Lipinski definition) is 2. The number of halogens is 1. The summed E-state index contributed by atoms with van der Waals surface area (Å²) in [5.74, 6) is -1.51. The largest absolute Gasteiger partial charge is 0.479 e. The van der Waals surface area contributed by atoms with Gasteiger partial charge in [-0.05, 0) is 45.6 Å². The molecule has 2 aromatic heterocycles. The Morgan fingerprint density at radius 1 is 1.35 bits per heavy atom. The van der Waals surface area contributed by atoms with E-state index in [1.54, 1.807) is 23.6 Å². The van der Waals surface area contributed by atoms with Crippen molar-refractivity contribution in [1.82, 2.24) is 5.32 Å². The first-order chi connectivity index (χ1) is 9.56. The van der Waals surface area contributed by atoms with E-state index >= 15 is 0 Å². The fourth-order valence-corrected chi connectivity index (χ4v) is 3.57. The zero-order valence-electron chi connectivity index (χ0n) is 10.1. The Hall–Kier alpha value is -1.44. The lowest BCUT2D eigenvalue weighted by Crippen LogP contribution is -2.31. The lowest BCUT2D eigenvalue weighted by Gasteiger charge is -2.10. The molecule has 104 valence electrons. The number of carbonyl (C=O) groups excluding carboxylic acids is 1. The lowest BCUT2D eigenvalue weighted by atomic mass is 10.2. The number of carboxylic acid groups (broad SMARTS) is 1. The van der Waals surface area contributed by atoms with Crippen LogP contribution in [-0.4, -0.2) is 17.0 Å². The number of thiophene rings is 2. The summed E-state index contributed by atoms with van der Waals surface area (Å²) in [4.78, 5) is 24.5. The molecule has 1 amide bonds. The summed E-state index contributed by atoms with van der Waals surface area (Å²) in [6.45, 7) is 0. The van der Waals surface area contributed by atoms with E-state index in [9.17, 15) is 9.59 Å². The SMILES string of the molecule is O=C(/C=C/c1ccc(Br)s1)NC(C(=O)O)c1cccs1. The van der Waals surface area contributed by atoms with Gasteiger partial charge < -0.3 is 10.4 Å². The number of nitrogens with one attached hydrogen (secondary N) is 1. The molecule has 0 fully saturated rings. The van der Waals surface area contributed by atoms with Crippen LogP contribution in [0.25, 0.3) is 6.08 Å². The van der Waals surface area contributed by atoms with E-state index in [1.165, 1.54) is 28.7 Å². The van der Waals surface area contributed by atoms with E-state index < -0.39 is 17.9 Å². The van der Waals surface area contributed by atoms with Crippen molar-refractivity contribution in [3.63, 3.8) is 0 Å². The summed E-state index contributed by atoms with van der Waals surface area (Å²) in [6, 6.07) is 6.17. The molecule has 0 radical (unpaired) electrons. The molecule has 0 saturated carbocycles. The number of aliphatic carboxylic acids is 1. The van der Waals surface area contributed by atoms with Crippen LogP contribution in [0.5, 0.6) is 0 Å². The monoisotopic (exact) mass is 371 g/mol. The molecule has 7 heteroatoms. The van der Waals surface area contributed by atoms with Gasteiger partial charge in [0.25, 0.3) is 0 Å². The van der Waals surface area contributed by atoms with Gasteiger partial charge in [0.2, 0.25) is 5.91 Å². The smallest absolute Gasteiger partial charge is 0.331 e. The minimum Gasteiger partial charge on any atom is -0.479 e. The van der Waals surface area contributed by atoms with Gasteiger partial charge in [0.05, 0.1) is 3.79 Å². The fourth-order valence-electron chi connectivity index (χ4n) is 1.48. The summed E-state index contributed by atoms with van der Waals surface area (Å²) in [6.07, 6.45) is 2.99. The van der Waals surface area contributed by atoms with Crippen molar-refractivity contribution in [2.24, 2.45) is 0 Å². The molecular formula is C13H10BrNO3S2. The van der Waals surface area contributed by atoms with Gasteiger partial charge in [-0.15, -0.1) is 22.7 Å². The van der Waals surface area contributed by atoms with Gasteiger partial charge in [-0.1, -0.05) is 6.07 Å². The highest BCUT2D eigenvalue weighted by atomic mass is 79.9. The Labute approximate surface area is 131 Å². The van der Waals surface area contributed by atoms with E-state index in [2.05, 4.69) is 21.2 Å². The first-order valence-electron chi connectivity index (χ1n) is 5.56. The maximum Gasteiger partial charge on any atom is 0.331 e. The van der Waals surface area contributed by atoms with Crippen LogP contribution in [0.15, 0.2) is 39.5 Å². The molecular weight excluding hydrogens is 362 g/mol. The third-order valence-electron chi connectivity index (χ3n) is 2.35. The highest BCUT2D eigenvalue weighted by molar-refractivity contribution is 9.11. The average molecular weight is 372 g/mol. The number of carbonyl (C=O) groups is 2. The van der Waals surface area contributed by atoms with Gasteiger partial charge in [0.15, 0.2) is 6.04 Å². The molecule has 0 aliphatic heterocycles.